The molecule has 11 heteroatoms. The predicted molar refractivity (Wildman–Crippen MR) is 123 cm³/mol. The minimum Gasteiger partial charge on any atom is -0.493 e. The van der Waals surface area contributed by atoms with Crippen LogP contribution in [0.4, 0.5) is 23.5 Å². The fourth-order valence-electron chi connectivity index (χ4n) is 3.20. The zero-order valence-corrected chi connectivity index (χ0v) is 19.3. The number of anilines is 1. The van der Waals surface area contributed by atoms with E-state index >= 15 is 0 Å². The van der Waals surface area contributed by atoms with Gasteiger partial charge in [-0.25, -0.2) is 19.3 Å². The second-order valence-corrected chi connectivity index (χ2v) is 8.36. The normalized spacial score (nSPS) is 12.7. The molecule has 1 aliphatic rings. The topological polar surface area (TPSA) is 73.1 Å². The third-order valence-electron chi connectivity index (χ3n) is 4.87. The largest absolute Gasteiger partial charge is 0.493 e. The van der Waals surface area contributed by atoms with Gasteiger partial charge in [0.15, 0.2) is 11.7 Å². The summed E-state index contributed by atoms with van der Waals surface area (Å²) in [6.45, 7) is 2.41. The lowest BCUT2D eigenvalue weighted by atomic mass is 10.1. The molecule has 2 aromatic carbocycles. The van der Waals surface area contributed by atoms with Crippen molar-refractivity contribution >= 4 is 17.9 Å². The molecule has 1 N–H and O–H groups in total. The Balaban J connectivity index is 0.000000168. The molecule has 6 nitrogen and oxygen atoms in total. The van der Waals surface area contributed by atoms with Crippen LogP contribution in [0.15, 0.2) is 70.4 Å². The van der Waals surface area contributed by atoms with Crippen molar-refractivity contribution in [2.45, 2.75) is 30.8 Å². The van der Waals surface area contributed by atoms with Crippen molar-refractivity contribution in [1.82, 2.24) is 15.0 Å². The number of fused-ring (bicyclic) bond motifs is 1. The van der Waals surface area contributed by atoms with Crippen LogP contribution in [0.3, 0.4) is 0 Å². The van der Waals surface area contributed by atoms with Crippen LogP contribution >= 0.6 is 11.9 Å². The van der Waals surface area contributed by atoms with E-state index in [1.165, 1.54) is 29.8 Å². The van der Waals surface area contributed by atoms with Crippen LogP contribution in [0.1, 0.15) is 23.4 Å². The summed E-state index contributed by atoms with van der Waals surface area (Å²) in [5.41, 5.74) is 1.36. The molecule has 0 atom stereocenters. The van der Waals surface area contributed by atoms with Gasteiger partial charge < -0.3 is 9.15 Å². The number of hydrogen-bond acceptors (Lipinski definition) is 7. The highest BCUT2D eigenvalue weighted by atomic mass is 32.2. The van der Waals surface area contributed by atoms with Crippen molar-refractivity contribution in [2.24, 2.45) is 0 Å². The van der Waals surface area contributed by atoms with Gasteiger partial charge in [0.25, 0.3) is 0 Å². The second-order valence-electron chi connectivity index (χ2n) is 7.48. The molecular weight excluding hydrogens is 484 g/mol. The summed E-state index contributed by atoms with van der Waals surface area (Å²) < 4.78 is 63.5. The highest BCUT2D eigenvalue weighted by Crippen LogP contribution is 2.32. The molecule has 5 rings (SSSR count). The molecule has 2 aromatic heterocycles. The monoisotopic (exact) mass is 504 g/mol. The Morgan fingerprint density at radius 1 is 1.06 bits per heavy atom. The van der Waals surface area contributed by atoms with Crippen LogP contribution in [0.25, 0.3) is 11.3 Å². The smallest absolute Gasteiger partial charge is 0.416 e. The zero-order chi connectivity index (χ0) is 24.8. The lowest BCUT2D eigenvalue weighted by molar-refractivity contribution is -0.137. The summed E-state index contributed by atoms with van der Waals surface area (Å²) in [4.78, 5) is 12.6. The van der Waals surface area contributed by atoms with Crippen molar-refractivity contribution < 1.29 is 26.7 Å². The highest BCUT2D eigenvalue weighted by molar-refractivity contribution is 8.00. The van der Waals surface area contributed by atoms with Gasteiger partial charge in [0.1, 0.15) is 17.7 Å². The van der Waals surface area contributed by atoms with Gasteiger partial charge in [0.2, 0.25) is 5.95 Å². The molecular formula is C24H20F4N4O2S. The van der Waals surface area contributed by atoms with Gasteiger partial charge in [-0.3, -0.25) is 4.72 Å². The fourth-order valence-corrected chi connectivity index (χ4v) is 3.82. The highest BCUT2D eigenvalue weighted by Gasteiger charge is 2.30. The van der Waals surface area contributed by atoms with Crippen molar-refractivity contribution in [3.63, 3.8) is 0 Å². The first-order chi connectivity index (χ1) is 16.8. The molecule has 0 saturated heterocycles. The molecule has 0 amide bonds. The van der Waals surface area contributed by atoms with Gasteiger partial charge >= 0.3 is 6.18 Å². The lowest BCUT2D eigenvalue weighted by Gasteiger charge is -2.17. The van der Waals surface area contributed by atoms with E-state index in [0.717, 1.165) is 54.6 Å². The van der Waals surface area contributed by atoms with E-state index in [-0.39, 0.29) is 0 Å². The number of ether oxygens (including phenoxy) is 1. The summed E-state index contributed by atoms with van der Waals surface area (Å²) in [7, 11) is 0. The van der Waals surface area contributed by atoms with Gasteiger partial charge in [-0.15, -0.1) is 0 Å². The summed E-state index contributed by atoms with van der Waals surface area (Å²) in [6, 6.07) is 11.1. The van der Waals surface area contributed by atoms with Gasteiger partial charge in [-0.1, -0.05) is 18.2 Å². The Kier molecular flexibility index (Phi) is 7.54. The van der Waals surface area contributed by atoms with E-state index in [4.69, 9.17) is 9.15 Å². The Hall–Kier alpha value is -3.60. The molecule has 0 unspecified atom stereocenters. The van der Waals surface area contributed by atoms with Crippen molar-refractivity contribution in [1.29, 1.82) is 0 Å². The Morgan fingerprint density at radius 2 is 1.86 bits per heavy atom. The quantitative estimate of drug-likeness (QED) is 0.244. The average Bonchev–Trinajstić information content (AvgIpc) is 3.30. The summed E-state index contributed by atoms with van der Waals surface area (Å²) in [5, 5.41) is 0. The molecule has 35 heavy (non-hydrogen) atoms. The number of oxazole rings is 1. The SMILES string of the molecule is Cc1nc(-c2cccc(C(F)(F)F)c2)co1.Fc1cnc(NSc2ccc3c(c2)OCCC3)nc1. The Bertz CT molecular complexity index is 1280. The number of aromatic nitrogens is 3. The zero-order valence-electron chi connectivity index (χ0n) is 18.5. The van der Waals surface area contributed by atoms with E-state index in [2.05, 4.69) is 25.7 Å². The van der Waals surface area contributed by atoms with Crippen molar-refractivity contribution in [3.05, 3.63) is 84.0 Å². The van der Waals surface area contributed by atoms with E-state index in [0.29, 0.717) is 23.1 Å². The summed E-state index contributed by atoms with van der Waals surface area (Å²) >= 11 is 1.37. The Labute approximate surface area is 202 Å². The molecule has 182 valence electrons. The first-order valence-electron chi connectivity index (χ1n) is 10.5. The van der Waals surface area contributed by atoms with Crippen LogP contribution in [-0.2, 0) is 12.6 Å². The minimum atomic E-state index is -4.34. The molecule has 3 heterocycles. The summed E-state index contributed by atoms with van der Waals surface area (Å²) in [6.07, 6.45) is 1.40. The third-order valence-corrected chi connectivity index (χ3v) is 5.65. The number of benzene rings is 2. The number of nitrogens with one attached hydrogen (secondary N) is 1. The van der Waals surface area contributed by atoms with E-state index in [1.54, 1.807) is 13.0 Å². The number of hydrogen-bond donors (Lipinski definition) is 1. The molecule has 0 radical (unpaired) electrons. The first kappa shape index (κ1) is 24.5. The van der Waals surface area contributed by atoms with E-state index in [9.17, 15) is 17.6 Å². The minimum absolute atomic E-state index is 0.380. The molecule has 0 saturated carbocycles. The van der Waals surface area contributed by atoms with Gasteiger partial charge in [0.05, 0.1) is 24.6 Å². The van der Waals surface area contributed by atoms with Gasteiger partial charge in [0, 0.05) is 17.4 Å². The number of nitrogens with zero attached hydrogens (tertiary/aromatic N) is 3. The first-order valence-corrected chi connectivity index (χ1v) is 11.4. The van der Waals surface area contributed by atoms with Gasteiger partial charge in [-0.05, 0) is 54.6 Å². The van der Waals surface area contributed by atoms with Crippen LogP contribution in [0, 0.1) is 12.7 Å². The predicted octanol–water partition coefficient (Wildman–Crippen LogP) is 6.73. The van der Waals surface area contributed by atoms with Crippen LogP contribution in [0.2, 0.25) is 0 Å². The van der Waals surface area contributed by atoms with Crippen LogP contribution in [-0.4, -0.2) is 21.6 Å². The van der Waals surface area contributed by atoms with Crippen LogP contribution < -0.4 is 9.46 Å². The van der Waals surface area contributed by atoms with E-state index < -0.39 is 17.6 Å². The average molecular weight is 505 g/mol. The fraction of sp³-hybridized carbons (Fsp3) is 0.208. The molecule has 4 aromatic rings. The number of aryl methyl sites for hydroxylation is 2. The van der Waals surface area contributed by atoms with E-state index in [1.807, 2.05) is 12.1 Å². The van der Waals surface area contributed by atoms with Gasteiger partial charge in [-0.2, -0.15) is 13.2 Å². The number of alkyl halides is 3. The maximum absolute atomic E-state index is 12.7. The lowest BCUT2D eigenvalue weighted by Crippen LogP contribution is -2.08. The maximum atomic E-state index is 12.7. The molecule has 0 fully saturated rings. The molecule has 0 spiro atoms. The Morgan fingerprint density at radius 3 is 2.57 bits per heavy atom. The molecule has 0 bridgehead atoms. The van der Waals surface area contributed by atoms with Crippen molar-refractivity contribution in [2.75, 3.05) is 11.3 Å². The summed E-state index contributed by atoms with van der Waals surface area (Å²) in [5.74, 6) is 1.30. The number of rotatable bonds is 4. The molecule has 1 aliphatic heterocycles. The van der Waals surface area contributed by atoms with Crippen molar-refractivity contribution in [3.8, 4) is 17.0 Å². The maximum Gasteiger partial charge on any atom is 0.416 e. The van der Waals surface area contributed by atoms with Crippen LogP contribution in [0.5, 0.6) is 5.75 Å². The molecule has 0 aliphatic carbocycles. The number of halogens is 4. The third kappa shape index (κ3) is 6.72. The standard InChI is InChI=1S/C13H12FN3OS.C11H8F3NO/c14-10-7-15-13(16-8-10)17-19-11-4-3-9-2-1-5-18-12(9)6-11;1-7-15-10(6-16-7)8-3-2-4-9(5-8)11(12,13)14/h3-4,6-8H,1-2,5H2,(H,15,16,17);2-6H,1H3. The second kappa shape index (κ2) is 10.8.